The lowest BCUT2D eigenvalue weighted by Crippen LogP contribution is -2.30. The van der Waals surface area contributed by atoms with Gasteiger partial charge in [-0.25, -0.2) is 4.98 Å². The van der Waals surface area contributed by atoms with Crippen LogP contribution < -0.4 is 14.4 Å². The zero-order valence-electron chi connectivity index (χ0n) is 16.0. The molecule has 0 saturated carbocycles. The van der Waals surface area contributed by atoms with Crippen LogP contribution in [0.15, 0.2) is 53.8 Å². The van der Waals surface area contributed by atoms with E-state index in [1.54, 1.807) is 18.2 Å². The second kappa shape index (κ2) is 7.21. The van der Waals surface area contributed by atoms with Crippen molar-refractivity contribution < 1.29 is 24.2 Å². The van der Waals surface area contributed by atoms with Crippen LogP contribution in [0.4, 0.5) is 5.13 Å². The summed E-state index contributed by atoms with van der Waals surface area (Å²) in [6, 6.07) is 11.8. The molecule has 148 valence electrons. The van der Waals surface area contributed by atoms with E-state index in [4.69, 9.17) is 9.47 Å². The number of nitrogens with zero attached hydrogens (tertiary/aromatic N) is 2. The molecule has 1 aliphatic rings. The molecule has 8 heteroatoms. The number of rotatable bonds is 5. The summed E-state index contributed by atoms with van der Waals surface area (Å²) in [6.45, 7) is 1.33. The van der Waals surface area contributed by atoms with Gasteiger partial charge >= 0.3 is 0 Å². The number of anilines is 1. The average Bonchev–Trinajstić information content (AvgIpc) is 3.26. The molecule has 1 N–H and O–H groups in total. The molecule has 2 aromatic carbocycles. The summed E-state index contributed by atoms with van der Waals surface area (Å²) >= 11 is 1.32. The van der Waals surface area contributed by atoms with Crippen LogP contribution in [0.25, 0.3) is 10.2 Å². The number of para-hydroxylation sites is 1. The summed E-state index contributed by atoms with van der Waals surface area (Å²) < 4.78 is 11.5. The third-order valence-corrected chi connectivity index (χ3v) is 5.84. The van der Waals surface area contributed by atoms with Crippen molar-refractivity contribution in [3.05, 3.63) is 59.4 Å². The number of aliphatic hydroxyl groups excluding tert-OH is 1. The van der Waals surface area contributed by atoms with Crippen molar-refractivity contribution in [3.63, 3.8) is 0 Å². The second-order valence-corrected chi connectivity index (χ2v) is 7.48. The van der Waals surface area contributed by atoms with Gasteiger partial charge in [0.05, 0.1) is 36.1 Å². The highest BCUT2D eigenvalue weighted by molar-refractivity contribution is 7.22. The molecule has 4 rings (SSSR count). The number of carbonyl (C=O) groups is 2. The van der Waals surface area contributed by atoms with E-state index < -0.39 is 17.7 Å². The molecular weight excluding hydrogens is 392 g/mol. The van der Waals surface area contributed by atoms with Crippen molar-refractivity contribution in [1.82, 2.24) is 4.98 Å². The number of hydrogen-bond donors (Lipinski definition) is 1. The largest absolute Gasteiger partial charge is 0.503 e. The van der Waals surface area contributed by atoms with Gasteiger partial charge in [0.15, 0.2) is 28.2 Å². The van der Waals surface area contributed by atoms with Crippen molar-refractivity contribution in [1.29, 1.82) is 0 Å². The smallest absolute Gasteiger partial charge is 0.296 e. The Kier molecular flexibility index (Phi) is 4.71. The third kappa shape index (κ3) is 3.01. The number of ketones is 1. The van der Waals surface area contributed by atoms with Gasteiger partial charge in [0.2, 0.25) is 0 Å². The van der Waals surface area contributed by atoms with E-state index in [1.165, 1.54) is 37.4 Å². The number of thiazole rings is 1. The van der Waals surface area contributed by atoms with Gasteiger partial charge in [0, 0.05) is 0 Å². The molecule has 1 aromatic heterocycles. The molecule has 0 radical (unpaired) electrons. The quantitative estimate of drug-likeness (QED) is 0.688. The highest BCUT2D eigenvalue weighted by Gasteiger charge is 2.44. The van der Waals surface area contributed by atoms with Gasteiger partial charge in [0.1, 0.15) is 0 Å². The maximum Gasteiger partial charge on any atom is 0.296 e. The molecular formula is C21H18N2O5S. The van der Waals surface area contributed by atoms with E-state index >= 15 is 0 Å². The minimum absolute atomic E-state index is 0.0291. The number of hydrogen-bond acceptors (Lipinski definition) is 7. The van der Waals surface area contributed by atoms with E-state index in [0.29, 0.717) is 22.2 Å². The Hall–Kier alpha value is -3.39. The van der Waals surface area contributed by atoms with Gasteiger partial charge in [-0.15, -0.1) is 0 Å². The third-order valence-electron chi connectivity index (χ3n) is 4.80. The predicted molar refractivity (Wildman–Crippen MR) is 110 cm³/mol. The van der Waals surface area contributed by atoms with Crippen LogP contribution in [0.2, 0.25) is 0 Å². The van der Waals surface area contributed by atoms with Gasteiger partial charge in [-0.2, -0.15) is 0 Å². The number of carbonyl (C=O) groups excluding carboxylic acids is 2. The normalized spacial score (nSPS) is 16.6. The first kappa shape index (κ1) is 18.9. The molecule has 29 heavy (non-hydrogen) atoms. The lowest BCUT2D eigenvalue weighted by atomic mass is 9.96. The summed E-state index contributed by atoms with van der Waals surface area (Å²) in [5.41, 5.74) is 1.37. The van der Waals surface area contributed by atoms with Gasteiger partial charge in [-0.05, 0) is 36.8 Å². The second-order valence-electron chi connectivity index (χ2n) is 6.47. The number of benzene rings is 2. The standard InChI is InChI=1S/C21H18N2O5S/c1-11(24)17-18(12-8-9-14(27-2)15(10-12)28-3)23(20(26)19(17)25)21-22-13-6-4-5-7-16(13)29-21/h4-10,18,25H,1-3H3. The van der Waals surface area contributed by atoms with Crippen LogP contribution in [-0.4, -0.2) is 36.0 Å². The van der Waals surface area contributed by atoms with Gasteiger partial charge in [-0.3, -0.25) is 14.5 Å². The summed E-state index contributed by atoms with van der Waals surface area (Å²) in [6.07, 6.45) is 0. The van der Waals surface area contributed by atoms with Crippen molar-refractivity contribution >= 4 is 38.4 Å². The van der Waals surface area contributed by atoms with Crippen LogP contribution >= 0.6 is 11.3 Å². The molecule has 1 aliphatic heterocycles. The molecule has 0 fully saturated rings. The maximum absolute atomic E-state index is 12.9. The highest BCUT2D eigenvalue weighted by Crippen LogP contribution is 2.44. The molecule has 3 aromatic rings. The molecule has 0 saturated heterocycles. The maximum atomic E-state index is 12.9. The summed E-state index contributed by atoms with van der Waals surface area (Å²) in [7, 11) is 3.03. The number of aromatic nitrogens is 1. The van der Waals surface area contributed by atoms with Crippen LogP contribution in [0.3, 0.4) is 0 Å². The molecule has 1 amide bonds. The Balaban J connectivity index is 1.90. The number of amides is 1. The molecule has 1 atom stereocenters. The minimum atomic E-state index is -0.819. The fourth-order valence-corrected chi connectivity index (χ4v) is 4.46. The van der Waals surface area contributed by atoms with Crippen molar-refractivity contribution in [2.45, 2.75) is 13.0 Å². The number of methoxy groups -OCH3 is 2. The Morgan fingerprint density at radius 1 is 1.14 bits per heavy atom. The molecule has 2 heterocycles. The monoisotopic (exact) mass is 410 g/mol. The molecule has 0 aliphatic carbocycles. The molecule has 0 bridgehead atoms. The SMILES string of the molecule is COc1ccc(C2C(C(C)=O)=C(O)C(=O)N2c2nc3ccccc3s2)cc1OC. The van der Waals surface area contributed by atoms with Crippen molar-refractivity contribution in [3.8, 4) is 11.5 Å². The summed E-state index contributed by atoms with van der Waals surface area (Å²) in [5.74, 6) is -0.634. The molecule has 7 nitrogen and oxygen atoms in total. The topological polar surface area (TPSA) is 89.0 Å². The average molecular weight is 410 g/mol. The van der Waals surface area contributed by atoms with Crippen LogP contribution in [0.5, 0.6) is 11.5 Å². The predicted octanol–water partition coefficient (Wildman–Crippen LogP) is 3.80. The van der Waals surface area contributed by atoms with Gasteiger partial charge in [0.25, 0.3) is 5.91 Å². The zero-order valence-corrected chi connectivity index (χ0v) is 16.8. The van der Waals surface area contributed by atoms with Gasteiger partial charge in [-0.1, -0.05) is 29.5 Å². The fraction of sp³-hybridized carbons (Fsp3) is 0.190. The Morgan fingerprint density at radius 3 is 2.52 bits per heavy atom. The molecule has 1 unspecified atom stereocenters. The first-order chi connectivity index (χ1) is 14.0. The lowest BCUT2D eigenvalue weighted by molar-refractivity contribution is -0.117. The zero-order chi connectivity index (χ0) is 20.7. The van der Waals surface area contributed by atoms with E-state index in [1.807, 2.05) is 24.3 Å². The summed E-state index contributed by atoms with van der Waals surface area (Å²) in [5, 5.41) is 10.9. The summed E-state index contributed by atoms with van der Waals surface area (Å²) in [4.78, 5) is 31.2. The first-order valence-electron chi connectivity index (χ1n) is 8.81. The van der Waals surface area contributed by atoms with E-state index in [9.17, 15) is 14.7 Å². The number of Topliss-reactive ketones (excluding diaryl/α,β-unsaturated/α-hetero) is 1. The Morgan fingerprint density at radius 2 is 1.86 bits per heavy atom. The van der Waals surface area contributed by atoms with Crippen LogP contribution in [0, 0.1) is 0 Å². The Bertz CT molecular complexity index is 1130. The van der Waals surface area contributed by atoms with Gasteiger partial charge < -0.3 is 14.6 Å². The van der Waals surface area contributed by atoms with Crippen molar-refractivity contribution in [2.24, 2.45) is 0 Å². The van der Waals surface area contributed by atoms with E-state index in [2.05, 4.69) is 4.98 Å². The lowest BCUT2D eigenvalue weighted by Gasteiger charge is -2.24. The molecule has 0 spiro atoms. The van der Waals surface area contributed by atoms with E-state index in [0.717, 1.165) is 10.2 Å². The number of ether oxygens (including phenoxy) is 2. The fourth-order valence-electron chi connectivity index (χ4n) is 3.46. The van der Waals surface area contributed by atoms with Crippen LogP contribution in [-0.2, 0) is 9.59 Å². The van der Waals surface area contributed by atoms with Crippen LogP contribution in [0.1, 0.15) is 18.5 Å². The highest BCUT2D eigenvalue weighted by atomic mass is 32.1. The van der Waals surface area contributed by atoms with E-state index in [-0.39, 0.29) is 11.4 Å². The van der Waals surface area contributed by atoms with Crippen molar-refractivity contribution in [2.75, 3.05) is 19.1 Å². The number of aliphatic hydroxyl groups is 1. The Labute approximate surface area is 170 Å². The first-order valence-corrected chi connectivity index (χ1v) is 9.63. The minimum Gasteiger partial charge on any atom is -0.503 e. The number of fused-ring (bicyclic) bond motifs is 1.